The maximum atomic E-state index is 12.9. The number of quaternary nitrogens is 1. The molecule has 8 nitrogen and oxygen atoms in total. The van der Waals surface area contributed by atoms with Crippen LogP contribution in [0.3, 0.4) is 0 Å². The van der Waals surface area contributed by atoms with Gasteiger partial charge in [0.15, 0.2) is 0 Å². The van der Waals surface area contributed by atoms with E-state index in [-0.39, 0.29) is 25.5 Å². The first kappa shape index (κ1) is 69.4. The molecule has 0 aromatic heterocycles. The van der Waals surface area contributed by atoms with Gasteiger partial charge in [-0.15, -0.1) is 0 Å². The number of unbranched alkanes of at least 4 members (excludes halogenated alkanes) is 26. The van der Waals surface area contributed by atoms with E-state index in [9.17, 15) is 19.4 Å². The minimum atomic E-state index is -4.38. The second-order valence-corrected chi connectivity index (χ2v) is 22.4. The highest BCUT2D eigenvalue weighted by molar-refractivity contribution is 7.47. The normalized spacial score (nSPS) is 14.6. The summed E-state index contributed by atoms with van der Waals surface area (Å²) in [6.45, 7) is 4.63. The molecular formula is C63H114N2O6P+. The standard InChI is InChI=1S/C63H113N2O6P/c1-6-8-10-12-14-16-18-20-22-24-26-27-28-29-30-31-32-33-34-35-36-37-39-40-42-44-46-48-50-52-54-56-62(66)61(60-71-72(68,69)70-59-58-65(3,4)5)64-63(67)57-55-53-51-49-47-45-43-41-38-25-23-21-19-17-15-13-11-9-7-2/h9,11,15,17,21,23,38,41,45-48,51,53-54,56,61-62,66H,6-8,10,12-14,16,18-20,22,24-37,39-40,42-44,49-50,52,55,57-60H2,1-5H3,(H-,64,67,68,69)/p+1/b11-9-,17-15-,23-21-,41-38-,47-45-,48-46+,53-51-,56-54+. The van der Waals surface area contributed by atoms with Crippen molar-refractivity contribution < 1.29 is 32.9 Å². The van der Waals surface area contributed by atoms with Gasteiger partial charge in [0, 0.05) is 6.42 Å². The highest BCUT2D eigenvalue weighted by Gasteiger charge is 2.27. The number of rotatable bonds is 53. The molecule has 0 aliphatic heterocycles. The number of carbonyl (C=O) groups excluding carboxylic acids is 1. The van der Waals surface area contributed by atoms with E-state index in [1.165, 1.54) is 161 Å². The average molecular weight is 1030 g/mol. The van der Waals surface area contributed by atoms with Gasteiger partial charge in [-0.2, -0.15) is 0 Å². The Labute approximate surface area is 445 Å². The fourth-order valence-corrected chi connectivity index (χ4v) is 8.94. The second kappa shape index (κ2) is 53.3. The average Bonchev–Trinajstić information content (AvgIpc) is 3.34. The monoisotopic (exact) mass is 1030 g/mol. The van der Waals surface area contributed by atoms with Gasteiger partial charge >= 0.3 is 7.82 Å². The molecule has 1 amide bonds. The van der Waals surface area contributed by atoms with Crippen molar-refractivity contribution in [2.75, 3.05) is 40.9 Å². The van der Waals surface area contributed by atoms with Crippen molar-refractivity contribution in [3.63, 3.8) is 0 Å². The third-order valence-electron chi connectivity index (χ3n) is 12.8. The molecule has 0 radical (unpaired) electrons. The fourth-order valence-electron chi connectivity index (χ4n) is 8.20. The van der Waals surface area contributed by atoms with Crippen molar-refractivity contribution in [3.8, 4) is 0 Å². The first-order chi connectivity index (χ1) is 35.0. The molecule has 0 aromatic carbocycles. The van der Waals surface area contributed by atoms with Gasteiger partial charge in [-0.3, -0.25) is 13.8 Å². The van der Waals surface area contributed by atoms with Crippen molar-refractivity contribution in [1.29, 1.82) is 0 Å². The second-order valence-electron chi connectivity index (χ2n) is 21.0. The Balaban J connectivity index is 4.27. The molecule has 0 saturated heterocycles. The Morgan fingerprint density at radius 2 is 0.847 bits per heavy atom. The maximum Gasteiger partial charge on any atom is 0.472 e. The Morgan fingerprint density at radius 3 is 1.26 bits per heavy atom. The smallest absolute Gasteiger partial charge is 0.387 e. The molecule has 0 aliphatic rings. The number of nitrogens with one attached hydrogen (secondary N) is 1. The molecule has 0 aromatic rings. The predicted octanol–water partition coefficient (Wildman–Crippen LogP) is 18.2. The number of aliphatic hydroxyl groups excluding tert-OH is 1. The van der Waals surface area contributed by atoms with E-state index in [0.717, 1.165) is 57.8 Å². The lowest BCUT2D eigenvalue weighted by Crippen LogP contribution is -2.45. The number of likely N-dealkylation sites (N-methyl/N-ethyl adjacent to an activating group) is 1. The zero-order valence-electron chi connectivity index (χ0n) is 47.4. The van der Waals surface area contributed by atoms with Crippen LogP contribution in [-0.4, -0.2) is 73.4 Å². The summed E-state index contributed by atoms with van der Waals surface area (Å²) in [5.41, 5.74) is 0. The third-order valence-corrected chi connectivity index (χ3v) is 13.8. The van der Waals surface area contributed by atoms with Crippen LogP contribution in [0.25, 0.3) is 0 Å². The van der Waals surface area contributed by atoms with E-state index in [0.29, 0.717) is 17.4 Å². The summed E-state index contributed by atoms with van der Waals surface area (Å²) < 4.78 is 23.6. The van der Waals surface area contributed by atoms with Gasteiger partial charge in [0.2, 0.25) is 5.91 Å². The zero-order valence-corrected chi connectivity index (χ0v) is 48.3. The number of aliphatic hydroxyl groups is 1. The number of phosphoric ester groups is 1. The molecule has 0 bridgehead atoms. The molecule has 3 atom stereocenters. The van der Waals surface area contributed by atoms with Crippen LogP contribution in [0.2, 0.25) is 0 Å². The lowest BCUT2D eigenvalue weighted by molar-refractivity contribution is -0.870. The summed E-state index contributed by atoms with van der Waals surface area (Å²) in [7, 11) is 1.50. The molecule has 416 valence electrons. The Morgan fingerprint density at radius 1 is 0.486 bits per heavy atom. The molecule has 0 saturated carbocycles. The highest BCUT2D eigenvalue weighted by Crippen LogP contribution is 2.43. The van der Waals surface area contributed by atoms with Gasteiger partial charge in [0.05, 0.1) is 39.9 Å². The van der Waals surface area contributed by atoms with Crippen molar-refractivity contribution >= 4 is 13.7 Å². The SMILES string of the molecule is CC/C=C\C/C=C\C/C=C\C/C=C\C/C=C\C/C=C\CCC(=O)NC(COP(=O)(O)OCC[N+](C)(C)C)C(O)/C=C/CC/C=C/CCCCCCCCCCCCCCCCCCCCCCCCCCC. The van der Waals surface area contributed by atoms with Gasteiger partial charge in [0.25, 0.3) is 0 Å². The molecule has 3 N–H and O–H groups in total. The summed E-state index contributed by atoms with van der Waals surface area (Å²) in [5.74, 6) is -0.270. The lowest BCUT2D eigenvalue weighted by atomic mass is 10.0. The summed E-state index contributed by atoms with van der Waals surface area (Å²) in [5, 5.41) is 13.8. The van der Waals surface area contributed by atoms with E-state index in [4.69, 9.17) is 9.05 Å². The lowest BCUT2D eigenvalue weighted by Gasteiger charge is -2.25. The van der Waals surface area contributed by atoms with Crippen molar-refractivity contribution in [2.45, 2.75) is 257 Å². The predicted molar refractivity (Wildman–Crippen MR) is 313 cm³/mol. The molecule has 0 aliphatic carbocycles. The van der Waals surface area contributed by atoms with E-state index in [2.05, 4.69) is 92.1 Å². The van der Waals surface area contributed by atoms with Crippen molar-refractivity contribution in [3.05, 3.63) is 97.2 Å². The first-order valence-electron chi connectivity index (χ1n) is 29.6. The molecule has 0 fully saturated rings. The molecule has 72 heavy (non-hydrogen) atoms. The molecule has 9 heteroatoms. The Bertz CT molecular complexity index is 1490. The number of amides is 1. The number of hydrogen-bond acceptors (Lipinski definition) is 5. The van der Waals surface area contributed by atoms with Crippen LogP contribution in [0, 0.1) is 0 Å². The number of nitrogens with zero attached hydrogens (tertiary/aromatic N) is 1. The summed E-state index contributed by atoms with van der Waals surface area (Å²) >= 11 is 0. The van der Waals surface area contributed by atoms with E-state index in [1.54, 1.807) is 6.08 Å². The van der Waals surface area contributed by atoms with Crippen LogP contribution in [0.4, 0.5) is 0 Å². The van der Waals surface area contributed by atoms with E-state index >= 15 is 0 Å². The summed E-state index contributed by atoms with van der Waals surface area (Å²) in [6.07, 6.45) is 77.0. The minimum Gasteiger partial charge on any atom is -0.387 e. The van der Waals surface area contributed by atoms with Crippen LogP contribution in [0.5, 0.6) is 0 Å². The number of carbonyl (C=O) groups is 1. The summed E-state index contributed by atoms with van der Waals surface area (Å²) in [6, 6.07) is -0.911. The molecular weight excluding hydrogens is 912 g/mol. The quantitative estimate of drug-likeness (QED) is 0.0243. The fraction of sp³-hybridized carbons (Fsp3) is 0.730. The first-order valence-corrected chi connectivity index (χ1v) is 31.1. The maximum absolute atomic E-state index is 12.9. The molecule has 0 heterocycles. The van der Waals surface area contributed by atoms with Crippen LogP contribution >= 0.6 is 7.82 Å². The summed E-state index contributed by atoms with van der Waals surface area (Å²) in [4.78, 5) is 23.2. The van der Waals surface area contributed by atoms with Crippen LogP contribution in [-0.2, 0) is 18.4 Å². The van der Waals surface area contributed by atoms with Crippen LogP contribution in [0.1, 0.15) is 245 Å². The zero-order chi connectivity index (χ0) is 52.7. The van der Waals surface area contributed by atoms with E-state index < -0.39 is 20.0 Å². The highest BCUT2D eigenvalue weighted by atomic mass is 31.2. The van der Waals surface area contributed by atoms with Gasteiger partial charge in [0.1, 0.15) is 13.2 Å². The van der Waals surface area contributed by atoms with Crippen molar-refractivity contribution in [2.24, 2.45) is 0 Å². The van der Waals surface area contributed by atoms with Gasteiger partial charge in [-0.1, -0.05) is 265 Å². The Hall–Kier alpha value is -2.58. The topological polar surface area (TPSA) is 105 Å². The number of phosphoric acid groups is 1. The van der Waals surface area contributed by atoms with Gasteiger partial charge < -0.3 is 19.8 Å². The molecule has 0 rings (SSSR count). The van der Waals surface area contributed by atoms with Crippen molar-refractivity contribution in [1.82, 2.24) is 5.32 Å². The Kier molecular flexibility index (Phi) is 51.3. The number of hydrogen-bond donors (Lipinski definition) is 3. The van der Waals surface area contributed by atoms with Crippen LogP contribution in [0.15, 0.2) is 97.2 Å². The van der Waals surface area contributed by atoms with E-state index in [1.807, 2.05) is 39.4 Å². The van der Waals surface area contributed by atoms with Gasteiger partial charge in [-0.25, -0.2) is 4.57 Å². The third kappa shape index (κ3) is 55.2. The molecule has 0 spiro atoms. The largest absolute Gasteiger partial charge is 0.472 e. The minimum absolute atomic E-state index is 0.0376. The van der Waals surface area contributed by atoms with Crippen LogP contribution < -0.4 is 5.32 Å². The molecule has 3 unspecified atom stereocenters. The number of allylic oxidation sites excluding steroid dienone is 15. The van der Waals surface area contributed by atoms with Gasteiger partial charge in [-0.05, 0) is 70.6 Å².